The summed E-state index contributed by atoms with van der Waals surface area (Å²) in [6.07, 6.45) is -0.860. The molecule has 1 aliphatic rings. The van der Waals surface area contributed by atoms with E-state index >= 15 is 0 Å². The van der Waals surface area contributed by atoms with E-state index in [1.807, 2.05) is 24.4 Å². The number of fused-ring (bicyclic) bond motifs is 2. The monoisotopic (exact) mass is 437 g/mol. The molecule has 4 aromatic rings. The van der Waals surface area contributed by atoms with Crippen LogP contribution in [0.15, 0.2) is 67.0 Å². The number of pyridine rings is 1. The molecule has 0 spiro atoms. The lowest BCUT2D eigenvalue weighted by Crippen LogP contribution is -2.31. The predicted molar refractivity (Wildman–Crippen MR) is 113 cm³/mol. The third kappa shape index (κ3) is 3.79. The summed E-state index contributed by atoms with van der Waals surface area (Å²) < 4.78 is 44.9. The molecule has 0 unspecified atom stereocenters. The molecule has 162 valence electrons. The zero-order valence-corrected chi connectivity index (χ0v) is 16.8. The Balaban J connectivity index is 1.42. The summed E-state index contributed by atoms with van der Waals surface area (Å²) in [6.45, 7) is 0.591. The summed E-state index contributed by atoms with van der Waals surface area (Å²) >= 11 is 0. The quantitative estimate of drug-likeness (QED) is 0.474. The molecule has 1 N–H and O–H groups in total. The molecule has 1 amide bonds. The number of carbonyl (C=O) groups excluding carboxylic acids is 1. The van der Waals surface area contributed by atoms with Gasteiger partial charge in [0, 0.05) is 29.9 Å². The molecule has 0 saturated carbocycles. The number of halogens is 3. The number of benzene rings is 2. The van der Waals surface area contributed by atoms with E-state index in [1.54, 1.807) is 24.4 Å². The fourth-order valence-electron chi connectivity index (χ4n) is 3.85. The van der Waals surface area contributed by atoms with Crippen LogP contribution in [0.25, 0.3) is 22.2 Å². The Morgan fingerprint density at radius 1 is 1.06 bits per heavy atom. The second-order valence-corrected chi connectivity index (χ2v) is 7.62. The zero-order chi connectivity index (χ0) is 22.3. The molecule has 8 heteroatoms. The molecule has 0 bridgehead atoms. The number of nitrogens with zero attached hydrogens (tertiary/aromatic N) is 2. The number of hydrogen-bond donors (Lipinski definition) is 1. The Morgan fingerprint density at radius 2 is 1.94 bits per heavy atom. The number of ether oxygens (including phenoxy) is 1. The van der Waals surface area contributed by atoms with Crippen LogP contribution in [0.2, 0.25) is 0 Å². The summed E-state index contributed by atoms with van der Waals surface area (Å²) in [5, 5.41) is 0.974. The fraction of sp³-hybridized carbons (Fsp3) is 0.167. The number of nitrogens with one attached hydrogen (secondary N) is 1. The minimum Gasteiger partial charge on any atom is -0.491 e. The summed E-state index contributed by atoms with van der Waals surface area (Å²) in [4.78, 5) is 22.1. The first-order valence-corrected chi connectivity index (χ1v) is 10.0. The van der Waals surface area contributed by atoms with Crippen LogP contribution in [0, 0.1) is 0 Å². The van der Waals surface area contributed by atoms with Crippen molar-refractivity contribution in [2.24, 2.45) is 0 Å². The maximum Gasteiger partial charge on any atom is 0.416 e. The van der Waals surface area contributed by atoms with Crippen molar-refractivity contribution < 1.29 is 22.7 Å². The first-order valence-electron chi connectivity index (χ1n) is 10.0. The van der Waals surface area contributed by atoms with Crippen molar-refractivity contribution >= 4 is 16.9 Å². The molecule has 0 atom stereocenters. The van der Waals surface area contributed by atoms with E-state index in [2.05, 4.69) is 9.97 Å². The van der Waals surface area contributed by atoms with E-state index in [9.17, 15) is 18.0 Å². The predicted octanol–water partition coefficient (Wildman–Crippen LogP) is 5.28. The largest absolute Gasteiger partial charge is 0.491 e. The van der Waals surface area contributed by atoms with E-state index in [0.717, 1.165) is 34.3 Å². The normalized spacial score (nSPS) is 14.2. The Morgan fingerprint density at radius 3 is 2.78 bits per heavy atom. The molecular formula is C24H18F3N3O2. The van der Waals surface area contributed by atoms with Crippen LogP contribution < -0.4 is 4.74 Å². The minimum atomic E-state index is -4.43. The van der Waals surface area contributed by atoms with Gasteiger partial charge in [0.2, 0.25) is 0 Å². The molecule has 2 aromatic carbocycles. The molecule has 2 aromatic heterocycles. The molecule has 3 heterocycles. The molecule has 0 radical (unpaired) electrons. The Hall–Kier alpha value is -3.81. The van der Waals surface area contributed by atoms with Crippen molar-refractivity contribution in [1.82, 2.24) is 14.9 Å². The third-order valence-electron chi connectivity index (χ3n) is 5.48. The van der Waals surface area contributed by atoms with E-state index in [-0.39, 0.29) is 25.6 Å². The lowest BCUT2D eigenvalue weighted by molar-refractivity contribution is -0.137. The van der Waals surface area contributed by atoms with Gasteiger partial charge in [-0.15, -0.1) is 0 Å². The molecule has 1 aliphatic heterocycles. The number of aromatic amines is 1. The van der Waals surface area contributed by atoms with Gasteiger partial charge in [-0.25, -0.2) is 4.98 Å². The van der Waals surface area contributed by atoms with Crippen LogP contribution in [0.5, 0.6) is 5.75 Å². The highest BCUT2D eigenvalue weighted by Crippen LogP contribution is 2.32. The van der Waals surface area contributed by atoms with Gasteiger partial charge in [-0.3, -0.25) is 4.79 Å². The van der Waals surface area contributed by atoms with Crippen LogP contribution in [-0.2, 0) is 12.7 Å². The molecular weight excluding hydrogens is 419 g/mol. The van der Waals surface area contributed by atoms with Crippen LogP contribution in [-0.4, -0.2) is 33.9 Å². The first-order chi connectivity index (χ1) is 15.4. The van der Waals surface area contributed by atoms with Crippen molar-refractivity contribution in [3.05, 3.63) is 83.7 Å². The van der Waals surface area contributed by atoms with Gasteiger partial charge in [0.15, 0.2) is 0 Å². The Labute approximate surface area is 181 Å². The highest BCUT2D eigenvalue weighted by atomic mass is 19.4. The van der Waals surface area contributed by atoms with Crippen molar-refractivity contribution in [2.75, 3.05) is 13.2 Å². The van der Waals surface area contributed by atoms with E-state index in [0.29, 0.717) is 16.9 Å². The minimum absolute atomic E-state index is 0.0708. The molecule has 32 heavy (non-hydrogen) atoms. The summed E-state index contributed by atoms with van der Waals surface area (Å²) in [7, 11) is 0. The van der Waals surface area contributed by atoms with E-state index < -0.39 is 11.7 Å². The summed E-state index contributed by atoms with van der Waals surface area (Å²) in [5.74, 6) is 0.175. The lowest BCUT2D eigenvalue weighted by Gasteiger charge is -2.20. The van der Waals surface area contributed by atoms with E-state index in [4.69, 9.17) is 4.74 Å². The number of hydrogen-bond acceptors (Lipinski definition) is 3. The zero-order valence-electron chi connectivity index (χ0n) is 16.8. The van der Waals surface area contributed by atoms with Crippen molar-refractivity contribution in [2.45, 2.75) is 12.7 Å². The van der Waals surface area contributed by atoms with Gasteiger partial charge < -0.3 is 14.6 Å². The average molecular weight is 437 g/mol. The topological polar surface area (TPSA) is 58.2 Å². The van der Waals surface area contributed by atoms with Gasteiger partial charge in [-0.2, -0.15) is 13.2 Å². The van der Waals surface area contributed by atoms with Gasteiger partial charge >= 0.3 is 6.18 Å². The standard InChI is InChI=1S/C24H18F3N3O2/c25-24(26,27)19-3-1-2-15(10-19)14-30-8-9-32-21-12-16(4-5-20(21)23(30)31)18-11-17-6-7-28-22(17)29-13-18/h1-7,10-13H,8-9,14H2,(H,28,29). The van der Waals surface area contributed by atoms with Crippen molar-refractivity contribution in [1.29, 1.82) is 0 Å². The smallest absolute Gasteiger partial charge is 0.416 e. The van der Waals surface area contributed by atoms with E-state index in [1.165, 1.54) is 11.0 Å². The van der Waals surface area contributed by atoms with Gasteiger partial charge in [0.05, 0.1) is 17.7 Å². The van der Waals surface area contributed by atoms with Crippen LogP contribution in [0.4, 0.5) is 13.2 Å². The second kappa shape index (κ2) is 7.71. The molecule has 0 aliphatic carbocycles. The number of amides is 1. The maximum atomic E-state index is 13.1. The molecule has 0 saturated heterocycles. The second-order valence-electron chi connectivity index (χ2n) is 7.62. The highest BCUT2D eigenvalue weighted by molar-refractivity contribution is 5.98. The van der Waals surface area contributed by atoms with Gasteiger partial charge in [0.25, 0.3) is 5.91 Å². The molecule has 0 fully saturated rings. The van der Waals surface area contributed by atoms with Gasteiger partial charge in [-0.1, -0.05) is 18.2 Å². The SMILES string of the molecule is O=C1c2ccc(-c3cnc4[nH]ccc4c3)cc2OCCN1Cc1cccc(C(F)(F)F)c1. The number of H-pyrrole nitrogens is 1. The summed E-state index contributed by atoms with van der Waals surface area (Å²) in [5.41, 5.74) is 2.61. The average Bonchev–Trinajstić information content (AvgIpc) is 3.19. The molecule has 5 rings (SSSR count). The maximum absolute atomic E-state index is 13.1. The lowest BCUT2D eigenvalue weighted by atomic mass is 10.0. The van der Waals surface area contributed by atoms with Gasteiger partial charge in [0.1, 0.15) is 18.0 Å². The van der Waals surface area contributed by atoms with Crippen LogP contribution in [0.1, 0.15) is 21.5 Å². The van der Waals surface area contributed by atoms with Gasteiger partial charge in [-0.05, 0) is 47.5 Å². The highest BCUT2D eigenvalue weighted by Gasteiger charge is 2.31. The summed E-state index contributed by atoms with van der Waals surface area (Å²) in [6, 6.07) is 14.3. The Kier molecular flexibility index (Phi) is 4.84. The number of aromatic nitrogens is 2. The first kappa shape index (κ1) is 20.1. The number of rotatable bonds is 3. The number of alkyl halides is 3. The fourth-order valence-corrected chi connectivity index (χ4v) is 3.85. The number of carbonyl (C=O) groups is 1. The van der Waals surface area contributed by atoms with Crippen LogP contribution >= 0.6 is 0 Å². The van der Waals surface area contributed by atoms with Crippen molar-refractivity contribution in [3.8, 4) is 16.9 Å². The van der Waals surface area contributed by atoms with Crippen LogP contribution in [0.3, 0.4) is 0 Å². The Bertz CT molecular complexity index is 1310. The molecule has 5 nitrogen and oxygen atoms in total. The third-order valence-corrected chi connectivity index (χ3v) is 5.48. The van der Waals surface area contributed by atoms with Crippen molar-refractivity contribution in [3.63, 3.8) is 0 Å².